The van der Waals surface area contributed by atoms with Crippen molar-refractivity contribution in [3.05, 3.63) is 60.8 Å². The Labute approximate surface area is 345 Å². The summed E-state index contributed by atoms with van der Waals surface area (Å²) in [6, 6.07) is 0. The van der Waals surface area contributed by atoms with E-state index in [1.807, 2.05) is 0 Å². The zero-order valence-electron chi connectivity index (χ0n) is 35.6. The highest BCUT2D eigenvalue weighted by Crippen LogP contribution is 2.22. The maximum atomic E-state index is 12.8. The van der Waals surface area contributed by atoms with E-state index in [1.54, 1.807) is 0 Å². The first-order chi connectivity index (χ1) is 27.8. The number of aliphatic hydroxyl groups is 4. The lowest BCUT2D eigenvalue weighted by Gasteiger charge is -2.39. The zero-order chi connectivity index (χ0) is 41.6. The van der Waals surface area contributed by atoms with Gasteiger partial charge in [-0.1, -0.05) is 139 Å². The minimum absolute atomic E-state index is 0.206. The lowest BCUT2D eigenvalue weighted by atomic mass is 9.99. The smallest absolute Gasteiger partial charge is 0.306 e. The van der Waals surface area contributed by atoms with Crippen LogP contribution in [0.4, 0.5) is 0 Å². The van der Waals surface area contributed by atoms with Gasteiger partial charge in [0.2, 0.25) is 0 Å². The van der Waals surface area contributed by atoms with Gasteiger partial charge in [-0.05, 0) is 77.0 Å². The Morgan fingerprint density at radius 2 is 1.04 bits per heavy atom. The topological polar surface area (TPSA) is 152 Å². The summed E-state index contributed by atoms with van der Waals surface area (Å²) in [5.41, 5.74) is 0. The van der Waals surface area contributed by atoms with Crippen molar-refractivity contribution in [3.63, 3.8) is 0 Å². The van der Waals surface area contributed by atoms with Crippen LogP contribution in [0.2, 0.25) is 0 Å². The van der Waals surface area contributed by atoms with Gasteiger partial charge in [-0.3, -0.25) is 9.59 Å². The molecule has 0 radical (unpaired) electrons. The number of carbonyl (C=O) groups is 2. The van der Waals surface area contributed by atoms with Crippen molar-refractivity contribution >= 4 is 11.9 Å². The van der Waals surface area contributed by atoms with Gasteiger partial charge < -0.3 is 39.4 Å². The molecular formula is C47H80O10. The fourth-order valence-electron chi connectivity index (χ4n) is 6.35. The van der Waals surface area contributed by atoms with Crippen molar-refractivity contribution in [2.75, 3.05) is 19.8 Å². The molecule has 1 rings (SSSR count). The lowest BCUT2D eigenvalue weighted by Crippen LogP contribution is -2.59. The predicted molar refractivity (Wildman–Crippen MR) is 228 cm³/mol. The molecule has 1 saturated heterocycles. The molecule has 0 bridgehead atoms. The number of hydrogen-bond acceptors (Lipinski definition) is 10. The summed E-state index contributed by atoms with van der Waals surface area (Å²) in [7, 11) is 0. The van der Waals surface area contributed by atoms with Crippen LogP contribution in [0.5, 0.6) is 0 Å². The predicted octanol–water partition coefficient (Wildman–Crippen LogP) is 9.44. The Morgan fingerprint density at radius 1 is 0.561 bits per heavy atom. The zero-order valence-corrected chi connectivity index (χ0v) is 35.6. The number of ether oxygens (including phenoxy) is 4. The van der Waals surface area contributed by atoms with Crippen LogP contribution in [0.1, 0.15) is 168 Å². The SMILES string of the molecule is CC/C=C/C/C=C/C/C=C/CCCCCCCC(=O)O[C@@H](COC(=O)CCCCCCCCC/C=C/C/C=C/CCCCC)CO[C@H]1O[C@@H](CO)[C@@H](O)C(O)C1O. The molecule has 4 N–H and O–H groups in total. The molecule has 0 saturated carbocycles. The van der Waals surface area contributed by atoms with Crippen LogP contribution in [-0.2, 0) is 28.5 Å². The first kappa shape index (κ1) is 52.4. The normalized spacial score (nSPS) is 20.8. The maximum absolute atomic E-state index is 12.8. The Balaban J connectivity index is 2.35. The standard InChI is InChI=1S/C47H80O10/c1-3-5-7-9-11-13-15-17-19-20-22-23-25-27-29-31-33-35-42(49)54-38-40(39-55-47-46(53)45(52)44(51)41(37-48)57-47)56-43(50)36-34-32-30-28-26-24-21-18-16-14-12-10-8-6-4-2/h6,8,11-14,17-19,21,40-41,44-48,51-53H,3-5,7,9-10,15-16,20,22-39H2,1-2H3/b8-6+,13-11+,14-12+,19-17+,21-18+/t40-,41-,44+,45?,46?,47-/m0/s1. The van der Waals surface area contributed by atoms with Crippen LogP contribution in [0.3, 0.4) is 0 Å². The fourth-order valence-corrected chi connectivity index (χ4v) is 6.35. The third kappa shape index (κ3) is 29.3. The fraction of sp³-hybridized carbons (Fsp3) is 0.745. The number of allylic oxidation sites excluding steroid dienone is 10. The van der Waals surface area contributed by atoms with Crippen molar-refractivity contribution in [2.24, 2.45) is 0 Å². The first-order valence-corrected chi connectivity index (χ1v) is 22.4. The maximum Gasteiger partial charge on any atom is 0.306 e. The Hall–Kier alpha value is -2.60. The Bertz CT molecular complexity index is 1110. The molecule has 0 spiro atoms. The summed E-state index contributed by atoms with van der Waals surface area (Å²) >= 11 is 0. The molecule has 1 heterocycles. The summed E-state index contributed by atoms with van der Waals surface area (Å²) in [5, 5.41) is 40.1. The molecule has 6 atom stereocenters. The van der Waals surface area contributed by atoms with E-state index in [4.69, 9.17) is 18.9 Å². The van der Waals surface area contributed by atoms with Gasteiger partial charge in [-0.2, -0.15) is 0 Å². The van der Waals surface area contributed by atoms with E-state index < -0.39 is 55.4 Å². The number of rotatable bonds is 36. The lowest BCUT2D eigenvalue weighted by molar-refractivity contribution is -0.305. The van der Waals surface area contributed by atoms with Crippen LogP contribution in [0.15, 0.2) is 60.8 Å². The van der Waals surface area contributed by atoms with Crippen molar-refractivity contribution in [1.82, 2.24) is 0 Å². The molecule has 1 fully saturated rings. The van der Waals surface area contributed by atoms with E-state index in [0.29, 0.717) is 12.8 Å². The van der Waals surface area contributed by atoms with Crippen LogP contribution >= 0.6 is 0 Å². The van der Waals surface area contributed by atoms with Crippen LogP contribution in [0, 0.1) is 0 Å². The first-order valence-electron chi connectivity index (χ1n) is 22.4. The number of unbranched alkanes of at least 4 members (excludes halogenated alkanes) is 15. The number of esters is 2. The Morgan fingerprint density at radius 3 is 1.56 bits per heavy atom. The van der Waals surface area contributed by atoms with Gasteiger partial charge in [0.25, 0.3) is 0 Å². The molecule has 0 aromatic rings. The summed E-state index contributed by atoms with van der Waals surface area (Å²) in [6.07, 6.45) is 37.9. The highest BCUT2D eigenvalue weighted by atomic mass is 16.7. The average Bonchev–Trinajstić information content (AvgIpc) is 3.21. The number of aliphatic hydroxyl groups excluding tert-OH is 4. The minimum atomic E-state index is -1.60. The van der Waals surface area contributed by atoms with Gasteiger partial charge in [-0.25, -0.2) is 0 Å². The van der Waals surface area contributed by atoms with E-state index in [9.17, 15) is 30.0 Å². The third-order valence-corrected chi connectivity index (χ3v) is 9.89. The van der Waals surface area contributed by atoms with Crippen molar-refractivity contribution in [2.45, 2.75) is 205 Å². The molecule has 0 aromatic heterocycles. The molecule has 10 nitrogen and oxygen atoms in total. The summed E-state index contributed by atoms with van der Waals surface area (Å²) < 4.78 is 22.1. The van der Waals surface area contributed by atoms with Gasteiger partial charge in [0.05, 0.1) is 13.2 Å². The monoisotopic (exact) mass is 805 g/mol. The van der Waals surface area contributed by atoms with Crippen molar-refractivity contribution < 1.29 is 49.0 Å². The van der Waals surface area contributed by atoms with E-state index >= 15 is 0 Å². The van der Waals surface area contributed by atoms with Crippen molar-refractivity contribution in [3.8, 4) is 0 Å². The quantitative estimate of drug-likeness (QED) is 0.0274. The largest absolute Gasteiger partial charge is 0.462 e. The van der Waals surface area contributed by atoms with E-state index in [0.717, 1.165) is 83.5 Å². The van der Waals surface area contributed by atoms with E-state index in [2.05, 4.69) is 74.6 Å². The van der Waals surface area contributed by atoms with Crippen LogP contribution < -0.4 is 0 Å². The molecule has 1 aliphatic rings. The summed E-state index contributed by atoms with van der Waals surface area (Å²) in [5.74, 6) is -0.839. The molecule has 1 aliphatic heterocycles. The highest BCUT2D eigenvalue weighted by Gasteiger charge is 2.44. The molecule has 328 valence electrons. The van der Waals surface area contributed by atoms with Gasteiger partial charge in [0, 0.05) is 12.8 Å². The number of hydrogen-bond donors (Lipinski definition) is 4. The highest BCUT2D eigenvalue weighted by molar-refractivity contribution is 5.70. The molecule has 2 unspecified atom stereocenters. The number of carbonyl (C=O) groups excluding carboxylic acids is 2. The third-order valence-electron chi connectivity index (χ3n) is 9.89. The second-order valence-electron chi connectivity index (χ2n) is 15.1. The van der Waals surface area contributed by atoms with E-state index in [-0.39, 0.29) is 26.1 Å². The molecule has 0 amide bonds. The van der Waals surface area contributed by atoms with Crippen LogP contribution in [0.25, 0.3) is 0 Å². The summed E-state index contributed by atoms with van der Waals surface area (Å²) in [4.78, 5) is 25.3. The average molecular weight is 805 g/mol. The van der Waals surface area contributed by atoms with Crippen LogP contribution in [-0.4, -0.2) is 89.0 Å². The molecule has 0 aliphatic carbocycles. The molecule has 57 heavy (non-hydrogen) atoms. The van der Waals surface area contributed by atoms with Gasteiger partial charge in [0.1, 0.15) is 31.0 Å². The second kappa shape index (κ2) is 37.7. The Kier molecular flexibility index (Phi) is 34.6. The van der Waals surface area contributed by atoms with Crippen molar-refractivity contribution in [1.29, 1.82) is 0 Å². The van der Waals surface area contributed by atoms with Gasteiger partial charge >= 0.3 is 11.9 Å². The van der Waals surface area contributed by atoms with Gasteiger partial charge in [0.15, 0.2) is 12.4 Å². The summed E-state index contributed by atoms with van der Waals surface area (Å²) in [6.45, 7) is 3.25. The van der Waals surface area contributed by atoms with E-state index in [1.165, 1.54) is 44.9 Å². The molecular weight excluding hydrogens is 725 g/mol. The molecule has 10 heteroatoms. The molecule has 0 aromatic carbocycles. The minimum Gasteiger partial charge on any atom is -0.462 e. The van der Waals surface area contributed by atoms with Gasteiger partial charge in [-0.15, -0.1) is 0 Å². The second-order valence-corrected chi connectivity index (χ2v) is 15.1.